The summed E-state index contributed by atoms with van der Waals surface area (Å²) < 4.78 is 5.85. The summed E-state index contributed by atoms with van der Waals surface area (Å²) >= 11 is 6.46. The Kier molecular flexibility index (Phi) is 6.27. The van der Waals surface area contributed by atoms with Crippen molar-refractivity contribution in [3.05, 3.63) is 83.6 Å². The van der Waals surface area contributed by atoms with Crippen LogP contribution in [0.2, 0.25) is 5.02 Å². The molecule has 0 aliphatic rings. The Hall–Kier alpha value is -3.59. The van der Waals surface area contributed by atoms with Gasteiger partial charge in [0.2, 0.25) is 0 Å². The van der Waals surface area contributed by atoms with Crippen LogP contribution in [0.25, 0.3) is 10.9 Å². The van der Waals surface area contributed by atoms with E-state index in [4.69, 9.17) is 22.1 Å². The van der Waals surface area contributed by atoms with Crippen LogP contribution in [0.4, 0.5) is 11.5 Å². The molecule has 1 aromatic heterocycles. The van der Waals surface area contributed by atoms with Crippen LogP contribution < -0.4 is 15.8 Å². The first-order chi connectivity index (χ1) is 15.4. The van der Waals surface area contributed by atoms with E-state index in [9.17, 15) is 0 Å². The molecule has 6 heteroatoms. The molecule has 0 saturated carbocycles. The zero-order valence-electron chi connectivity index (χ0n) is 17.9. The molecule has 0 amide bonds. The van der Waals surface area contributed by atoms with Crippen LogP contribution in [0.5, 0.6) is 11.5 Å². The highest BCUT2D eigenvalue weighted by Crippen LogP contribution is 2.33. The Morgan fingerprint density at radius 1 is 1.03 bits per heavy atom. The van der Waals surface area contributed by atoms with Gasteiger partial charge in [-0.15, -0.1) is 0 Å². The highest BCUT2D eigenvalue weighted by atomic mass is 35.5. The maximum atomic E-state index is 6.46. The van der Waals surface area contributed by atoms with E-state index in [-0.39, 0.29) is 5.54 Å². The number of anilines is 2. The number of ether oxygens (including phenoxy) is 1. The minimum Gasteiger partial charge on any atom is -0.456 e. The van der Waals surface area contributed by atoms with Crippen LogP contribution >= 0.6 is 11.6 Å². The fourth-order valence-electron chi connectivity index (χ4n) is 3.02. The van der Waals surface area contributed by atoms with Gasteiger partial charge in [-0.3, -0.25) is 0 Å². The largest absolute Gasteiger partial charge is 0.456 e. The normalized spacial score (nSPS) is 11.0. The highest BCUT2D eigenvalue weighted by molar-refractivity contribution is 6.32. The molecule has 0 aliphatic carbocycles. The minimum absolute atomic E-state index is 0.324. The summed E-state index contributed by atoms with van der Waals surface area (Å²) in [4.78, 5) is 8.78. The number of halogens is 1. The third-order valence-electron chi connectivity index (χ3n) is 4.58. The van der Waals surface area contributed by atoms with Crippen molar-refractivity contribution < 1.29 is 4.74 Å². The molecule has 0 bridgehead atoms. The average molecular weight is 443 g/mol. The van der Waals surface area contributed by atoms with E-state index in [0.29, 0.717) is 23.0 Å². The van der Waals surface area contributed by atoms with Gasteiger partial charge in [0.15, 0.2) is 0 Å². The number of nitrogens with zero attached hydrogens (tertiary/aromatic N) is 2. The summed E-state index contributed by atoms with van der Waals surface area (Å²) in [5.74, 6) is 8.29. The second kappa shape index (κ2) is 9.27. The molecule has 160 valence electrons. The van der Waals surface area contributed by atoms with Gasteiger partial charge < -0.3 is 15.8 Å². The summed E-state index contributed by atoms with van der Waals surface area (Å²) in [5, 5.41) is 4.69. The summed E-state index contributed by atoms with van der Waals surface area (Å²) in [6.45, 7) is 3.92. The summed E-state index contributed by atoms with van der Waals surface area (Å²) in [5.41, 5.74) is 8.18. The third-order valence-corrected chi connectivity index (χ3v) is 4.87. The van der Waals surface area contributed by atoms with E-state index in [1.54, 1.807) is 6.07 Å². The predicted octanol–water partition coefficient (Wildman–Crippen LogP) is 6.30. The highest BCUT2D eigenvalue weighted by Gasteiger charge is 2.09. The fraction of sp³-hybridized carbons (Fsp3) is 0.154. The quantitative estimate of drug-likeness (QED) is 0.355. The first kappa shape index (κ1) is 21.6. The molecule has 0 aliphatic heterocycles. The Labute approximate surface area is 192 Å². The zero-order valence-corrected chi connectivity index (χ0v) is 18.6. The first-order valence-electron chi connectivity index (χ1n) is 10.2. The van der Waals surface area contributed by atoms with Gasteiger partial charge in [-0.1, -0.05) is 41.6 Å². The number of aromatic nitrogens is 2. The van der Waals surface area contributed by atoms with Crippen LogP contribution in [-0.2, 0) is 0 Å². The zero-order chi connectivity index (χ0) is 22.6. The monoisotopic (exact) mass is 442 g/mol. The molecule has 0 atom stereocenters. The third kappa shape index (κ3) is 5.55. The van der Waals surface area contributed by atoms with Gasteiger partial charge in [-0.25, -0.2) is 9.97 Å². The van der Waals surface area contributed by atoms with E-state index >= 15 is 0 Å². The van der Waals surface area contributed by atoms with Crippen molar-refractivity contribution in [2.24, 2.45) is 5.73 Å². The molecule has 0 saturated heterocycles. The Bertz CT molecular complexity index is 1300. The second-order valence-corrected chi connectivity index (χ2v) is 8.51. The number of nitrogens with one attached hydrogen (secondary N) is 1. The van der Waals surface area contributed by atoms with Crippen molar-refractivity contribution in [1.29, 1.82) is 0 Å². The predicted molar refractivity (Wildman–Crippen MR) is 131 cm³/mol. The van der Waals surface area contributed by atoms with Crippen LogP contribution in [-0.4, -0.2) is 15.5 Å². The lowest BCUT2D eigenvalue weighted by atomic mass is 10.0. The topological polar surface area (TPSA) is 73.1 Å². The smallest absolute Gasteiger partial charge is 0.146 e. The lowest BCUT2D eigenvalue weighted by Gasteiger charge is -2.13. The maximum Gasteiger partial charge on any atom is 0.146 e. The maximum absolute atomic E-state index is 6.46. The molecule has 4 aromatic rings. The Balaban J connectivity index is 1.58. The lowest BCUT2D eigenvalue weighted by molar-refractivity contribution is 0.483. The van der Waals surface area contributed by atoms with Gasteiger partial charge in [-0.05, 0) is 62.4 Å². The molecule has 5 nitrogen and oxygen atoms in total. The standard InChI is InChI=1S/C26H23ClN4O/c1-26(2,28)14-6-7-18-10-12-23-21(15-18)25(30-17-29-23)31-19-11-13-24(22(27)16-19)32-20-8-4-3-5-9-20/h3-5,8-13,15-17H,14,28H2,1-2H3,(H,29,30,31). The van der Waals surface area contributed by atoms with E-state index in [2.05, 4.69) is 27.1 Å². The van der Waals surface area contributed by atoms with Crippen molar-refractivity contribution >= 4 is 34.0 Å². The molecule has 4 rings (SSSR count). The van der Waals surface area contributed by atoms with Gasteiger partial charge in [0.1, 0.15) is 23.6 Å². The van der Waals surface area contributed by atoms with Crippen molar-refractivity contribution in [3.8, 4) is 23.3 Å². The van der Waals surface area contributed by atoms with Gasteiger partial charge in [0, 0.05) is 28.6 Å². The number of hydrogen-bond acceptors (Lipinski definition) is 5. The summed E-state index contributed by atoms with van der Waals surface area (Å²) in [7, 11) is 0. The van der Waals surface area contributed by atoms with Crippen molar-refractivity contribution in [2.75, 3.05) is 5.32 Å². The SMILES string of the molecule is CC(C)(N)CC#Cc1ccc2ncnc(Nc3ccc(Oc4ccccc4)c(Cl)c3)c2c1. The van der Waals surface area contributed by atoms with Crippen molar-refractivity contribution in [2.45, 2.75) is 25.8 Å². The minimum atomic E-state index is -0.324. The van der Waals surface area contributed by atoms with Gasteiger partial charge in [0.25, 0.3) is 0 Å². The second-order valence-electron chi connectivity index (χ2n) is 8.11. The van der Waals surface area contributed by atoms with E-state index in [0.717, 1.165) is 27.9 Å². The molecule has 0 radical (unpaired) electrons. The lowest BCUT2D eigenvalue weighted by Crippen LogP contribution is -2.30. The molecule has 3 aromatic carbocycles. The van der Waals surface area contributed by atoms with Gasteiger partial charge in [-0.2, -0.15) is 0 Å². The fourth-order valence-corrected chi connectivity index (χ4v) is 3.24. The number of rotatable bonds is 5. The number of benzene rings is 3. The average Bonchev–Trinajstić information content (AvgIpc) is 2.76. The van der Waals surface area contributed by atoms with Crippen LogP contribution in [0.1, 0.15) is 25.8 Å². The number of fused-ring (bicyclic) bond motifs is 1. The van der Waals surface area contributed by atoms with Crippen molar-refractivity contribution in [3.63, 3.8) is 0 Å². The molecule has 3 N–H and O–H groups in total. The molecule has 0 fully saturated rings. The van der Waals surface area contributed by atoms with Crippen molar-refractivity contribution in [1.82, 2.24) is 9.97 Å². The number of hydrogen-bond donors (Lipinski definition) is 2. The molecule has 1 heterocycles. The Morgan fingerprint density at radius 3 is 2.59 bits per heavy atom. The van der Waals surface area contributed by atoms with Gasteiger partial charge in [0.05, 0.1) is 10.5 Å². The van der Waals surface area contributed by atoms with Gasteiger partial charge >= 0.3 is 0 Å². The van der Waals surface area contributed by atoms with Crippen LogP contribution in [0.3, 0.4) is 0 Å². The van der Waals surface area contributed by atoms with E-state index in [1.807, 2.05) is 74.5 Å². The summed E-state index contributed by atoms with van der Waals surface area (Å²) in [6, 6.07) is 20.9. The molecular weight excluding hydrogens is 420 g/mol. The van der Waals surface area contributed by atoms with E-state index in [1.165, 1.54) is 6.33 Å². The number of nitrogens with two attached hydrogens (primary N) is 1. The molecule has 0 spiro atoms. The van der Waals surface area contributed by atoms with Crippen LogP contribution in [0, 0.1) is 11.8 Å². The Morgan fingerprint density at radius 2 is 1.84 bits per heavy atom. The van der Waals surface area contributed by atoms with E-state index < -0.39 is 0 Å². The van der Waals surface area contributed by atoms with Crippen LogP contribution in [0.15, 0.2) is 73.1 Å². The number of para-hydroxylation sites is 1. The molecule has 32 heavy (non-hydrogen) atoms. The summed E-state index contributed by atoms with van der Waals surface area (Å²) in [6.07, 6.45) is 2.14. The molecular formula is C26H23ClN4O. The molecule has 0 unspecified atom stereocenters. The first-order valence-corrected chi connectivity index (χ1v) is 10.6.